The van der Waals surface area contributed by atoms with Crippen LogP contribution in [0, 0.1) is 5.92 Å². The molecule has 3 aromatic rings. The third kappa shape index (κ3) is 3.40. The number of hydrogen-bond acceptors (Lipinski definition) is 4. The number of carbonyl (C=O) groups excluding carboxylic acids is 1. The average Bonchev–Trinajstić information content (AvgIpc) is 3.31. The summed E-state index contributed by atoms with van der Waals surface area (Å²) in [4.78, 5) is 20.8. The molecule has 6 nitrogen and oxygen atoms in total. The van der Waals surface area contributed by atoms with Crippen LogP contribution in [-0.4, -0.2) is 27.0 Å². The zero-order valence-electron chi connectivity index (χ0n) is 14.8. The molecule has 0 aliphatic heterocycles. The number of fused-ring (bicyclic) bond motifs is 1. The van der Waals surface area contributed by atoms with E-state index in [4.69, 9.17) is 4.74 Å². The lowest BCUT2D eigenvalue weighted by Crippen LogP contribution is -2.16. The number of carbonyl (C=O) groups is 1. The van der Waals surface area contributed by atoms with Gasteiger partial charge in [-0.1, -0.05) is 12.8 Å². The topological polar surface area (TPSA) is 69.0 Å². The Hall–Kier alpha value is -2.89. The van der Waals surface area contributed by atoms with Gasteiger partial charge in [-0.15, -0.1) is 0 Å². The van der Waals surface area contributed by atoms with Crippen molar-refractivity contribution in [2.45, 2.75) is 25.7 Å². The molecule has 1 aliphatic rings. The fourth-order valence-electron chi connectivity index (χ4n) is 3.49. The Balaban J connectivity index is 1.52. The number of amides is 1. The van der Waals surface area contributed by atoms with Gasteiger partial charge in [-0.2, -0.15) is 0 Å². The third-order valence-electron chi connectivity index (χ3n) is 4.94. The molecule has 0 bridgehead atoms. The predicted octanol–water partition coefficient (Wildman–Crippen LogP) is 3.79. The van der Waals surface area contributed by atoms with Crippen LogP contribution >= 0.6 is 0 Å². The highest BCUT2D eigenvalue weighted by molar-refractivity contribution is 6.03. The summed E-state index contributed by atoms with van der Waals surface area (Å²) in [6, 6.07) is 7.67. The van der Waals surface area contributed by atoms with E-state index in [1.54, 1.807) is 30.2 Å². The molecule has 1 aromatic carbocycles. The van der Waals surface area contributed by atoms with Crippen molar-refractivity contribution in [1.82, 2.24) is 14.5 Å². The Kier molecular flexibility index (Phi) is 4.56. The largest absolute Gasteiger partial charge is 0.477 e. The summed E-state index contributed by atoms with van der Waals surface area (Å²) in [5.41, 5.74) is 0.721. The van der Waals surface area contributed by atoms with E-state index in [-0.39, 0.29) is 5.91 Å². The summed E-state index contributed by atoms with van der Waals surface area (Å²) in [5.74, 6) is 1.45. The number of anilines is 1. The first-order valence-corrected chi connectivity index (χ1v) is 9.01. The molecule has 2 aromatic heterocycles. The zero-order chi connectivity index (χ0) is 17.9. The molecule has 0 spiro atoms. The Bertz CT molecular complexity index is 928. The van der Waals surface area contributed by atoms with Gasteiger partial charge in [0, 0.05) is 36.7 Å². The Morgan fingerprint density at radius 1 is 1.23 bits per heavy atom. The van der Waals surface area contributed by atoms with Gasteiger partial charge in [0.25, 0.3) is 5.91 Å². The minimum Gasteiger partial charge on any atom is -0.477 e. The summed E-state index contributed by atoms with van der Waals surface area (Å²) in [6.07, 6.45) is 10.2. The predicted molar refractivity (Wildman–Crippen MR) is 100 cm³/mol. The lowest BCUT2D eigenvalue weighted by Gasteiger charge is -2.13. The molecular weight excluding hydrogens is 328 g/mol. The van der Waals surface area contributed by atoms with Crippen molar-refractivity contribution >= 4 is 22.4 Å². The summed E-state index contributed by atoms with van der Waals surface area (Å²) in [6.45, 7) is 0.726. The number of nitrogens with one attached hydrogen (secondary N) is 1. The molecule has 26 heavy (non-hydrogen) atoms. The fraction of sp³-hybridized carbons (Fsp3) is 0.350. The van der Waals surface area contributed by atoms with Gasteiger partial charge in [0.1, 0.15) is 0 Å². The minimum absolute atomic E-state index is 0.233. The molecule has 0 saturated heterocycles. The molecule has 6 heteroatoms. The molecule has 1 N–H and O–H groups in total. The molecule has 0 radical (unpaired) electrons. The van der Waals surface area contributed by atoms with Crippen molar-refractivity contribution in [3.8, 4) is 5.88 Å². The van der Waals surface area contributed by atoms with Crippen molar-refractivity contribution in [3.63, 3.8) is 0 Å². The number of pyridine rings is 1. The van der Waals surface area contributed by atoms with E-state index in [1.807, 2.05) is 24.3 Å². The lowest BCUT2D eigenvalue weighted by molar-refractivity contribution is 0.101. The highest BCUT2D eigenvalue weighted by atomic mass is 16.5. The van der Waals surface area contributed by atoms with Gasteiger partial charge in [-0.05, 0) is 48.4 Å². The number of imidazole rings is 1. The number of nitrogens with zero attached hydrogens (tertiary/aromatic N) is 3. The van der Waals surface area contributed by atoms with Crippen LogP contribution < -0.4 is 10.1 Å². The van der Waals surface area contributed by atoms with Crippen LogP contribution in [0.5, 0.6) is 5.88 Å². The quantitative estimate of drug-likeness (QED) is 0.760. The van der Waals surface area contributed by atoms with Gasteiger partial charge >= 0.3 is 0 Å². The molecular formula is C20H22N4O2. The van der Waals surface area contributed by atoms with Crippen molar-refractivity contribution in [1.29, 1.82) is 0 Å². The summed E-state index contributed by atoms with van der Waals surface area (Å²) >= 11 is 0. The van der Waals surface area contributed by atoms with Gasteiger partial charge in [0.05, 0.1) is 6.61 Å². The van der Waals surface area contributed by atoms with Gasteiger partial charge in [-0.3, -0.25) is 4.79 Å². The van der Waals surface area contributed by atoms with Crippen LogP contribution in [0.4, 0.5) is 5.69 Å². The van der Waals surface area contributed by atoms with Crippen LogP contribution in [0.1, 0.15) is 36.3 Å². The van der Waals surface area contributed by atoms with Crippen molar-refractivity contribution in [2.24, 2.45) is 13.0 Å². The molecule has 1 fully saturated rings. The molecule has 4 rings (SSSR count). The number of aromatic nitrogens is 3. The third-order valence-corrected chi connectivity index (χ3v) is 4.94. The summed E-state index contributed by atoms with van der Waals surface area (Å²) < 4.78 is 7.68. The van der Waals surface area contributed by atoms with Crippen molar-refractivity contribution in [2.75, 3.05) is 11.9 Å². The van der Waals surface area contributed by atoms with Crippen molar-refractivity contribution < 1.29 is 9.53 Å². The van der Waals surface area contributed by atoms with E-state index in [9.17, 15) is 4.79 Å². The molecule has 2 heterocycles. The molecule has 1 amide bonds. The first-order chi connectivity index (χ1) is 12.7. The van der Waals surface area contributed by atoms with E-state index in [0.29, 0.717) is 17.6 Å². The van der Waals surface area contributed by atoms with E-state index in [2.05, 4.69) is 15.3 Å². The maximum absolute atomic E-state index is 12.3. The lowest BCUT2D eigenvalue weighted by atomic mass is 10.1. The van der Waals surface area contributed by atoms with Crippen LogP contribution in [0.25, 0.3) is 10.8 Å². The average molecular weight is 350 g/mol. The highest BCUT2D eigenvalue weighted by Crippen LogP contribution is 2.29. The summed E-state index contributed by atoms with van der Waals surface area (Å²) in [5, 5.41) is 4.83. The van der Waals surface area contributed by atoms with Gasteiger partial charge in [0.15, 0.2) is 5.82 Å². The van der Waals surface area contributed by atoms with E-state index < -0.39 is 0 Å². The van der Waals surface area contributed by atoms with Crippen LogP contribution in [-0.2, 0) is 7.05 Å². The second-order valence-corrected chi connectivity index (χ2v) is 6.83. The second-order valence-electron chi connectivity index (χ2n) is 6.83. The van der Waals surface area contributed by atoms with Crippen LogP contribution in [0.3, 0.4) is 0 Å². The number of benzene rings is 1. The first kappa shape index (κ1) is 16.6. The normalized spacial score (nSPS) is 14.7. The molecule has 1 saturated carbocycles. The fourth-order valence-corrected chi connectivity index (χ4v) is 3.49. The van der Waals surface area contributed by atoms with E-state index in [0.717, 1.165) is 23.1 Å². The zero-order valence-corrected chi connectivity index (χ0v) is 14.8. The smallest absolute Gasteiger partial charge is 0.291 e. The maximum atomic E-state index is 12.3. The molecule has 134 valence electrons. The number of rotatable bonds is 5. The molecule has 1 aliphatic carbocycles. The highest BCUT2D eigenvalue weighted by Gasteiger charge is 2.17. The first-order valence-electron chi connectivity index (χ1n) is 9.01. The van der Waals surface area contributed by atoms with Gasteiger partial charge in [0.2, 0.25) is 5.88 Å². The SMILES string of the molecule is Cn1ccnc1C(=O)Nc1ccc2c(OCC3CCCC3)nccc2c1. The monoisotopic (exact) mass is 350 g/mol. The number of ether oxygens (including phenoxy) is 1. The minimum atomic E-state index is -0.233. The van der Waals surface area contributed by atoms with E-state index >= 15 is 0 Å². The Morgan fingerprint density at radius 3 is 2.85 bits per heavy atom. The molecule has 0 atom stereocenters. The van der Waals surface area contributed by atoms with Gasteiger partial charge in [-0.25, -0.2) is 9.97 Å². The number of hydrogen-bond donors (Lipinski definition) is 1. The van der Waals surface area contributed by atoms with Crippen LogP contribution in [0.2, 0.25) is 0 Å². The summed E-state index contributed by atoms with van der Waals surface area (Å²) in [7, 11) is 1.79. The second kappa shape index (κ2) is 7.15. The standard InChI is InChI=1S/C20H22N4O2/c1-24-11-10-21-18(24)19(25)23-16-6-7-17-15(12-16)8-9-22-20(17)26-13-14-4-2-3-5-14/h6-12,14H,2-5,13H2,1H3,(H,23,25). The van der Waals surface area contributed by atoms with Gasteiger partial charge < -0.3 is 14.6 Å². The van der Waals surface area contributed by atoms with E-state index in [1.165, 1.54) is 25.7 Å². The van der Waals surface area contributed by atoms with Crippen LogP contribution in [0.15, 0.2) is 42.9 Å². The number of aryl methyl sites for hydroxylation is 1. The Morgan fingerprint density at radius 2 is 2.08 bits per heavy atom. The maximum Gasteiger partial charge on any atom is 0.291 e. The molecule has 0 unspecified atom stereocenters. The Labute approximate surface area is 152 Å². The van der Waals surface area contributed by atoms with Crippen molar-refractivity contribution in [3.05, 3.63) is 48.7 Å².